The largest absolute Gasteiger partial charge is 0.334 e. The Morgan fingerprint density at radius 3 is 2.39 bits per heavy atom. The van der Waals surface area contributed by atoms with E-state index in [1.807, 2.05) is 47.9 Å². The molecule has 1 saturated carbocycles. The SMILES string of the molecule is CCN1CC2CCC1CC2NCC(=O)N1CCN(C(=O)c2cc(C)cc(C)c2)CC1c1ccc(Cl)c(Cl)c1. The van der Waals surface area contributed by atoms with Crippen molar-refractivity contribution in [1.29, 1.82) is 0 Å². The highest BCUT2D eigenvalue weighted by atomic mass is 35.5. The average Bonchev–Trinajstić information content (AvgIpc) is 2.92. The molecule has 6 nitrogen and oxygen atoms in total. The molecule has 3 saturated heterocycles. The van der Waals surface area contributed by atoms with E-state index in [0.717, 1.165) is 36.2 Å². The minimum atomic E-state index is -0.291. The van der Waals surface area contributed by atoms with Crippen LogP contribution < -0.4 is 5.32 Å². The summed E-state index contributed by atoms with van der Waals surface area (Å²) in [6.07, 6.45) is 3.61. The summed E-state index contributed by atoms with van der Waals surface area (Å²) in [6, 6.07) is 12.2. The highest BCUT2D eigenvalue weighted by molar-refractivity contribution is 6.42. The Kier molecular flexibility index (Phi) is 8.34. The number of fused-ring (bicyclic) bond motifs is 3. The van der Waals surface area contributed by atoms with Crippen molar-refractivity contribution in [2.45, 2.75) is 58.2 Å². The molecule has 1 N–H and O–H groups in total. The second-order valence-electron chi connectivity index (χ2n) is 11.2. The lowest BCUT2D eigenvalue weighted by molar-refractivity contribution is -0.135. The van der Waals surface area contributed by atoms with Crippen molar-refractivity contribution < 1.29 is 9.59 Å². The van der Waals surface area contributed by atoms with Gasteiger partial charge in [0.15, 0.2) is 0 Å². The molecule has 0 radical (unpaired) electrons. The van der Waals surface area contributed by atoms with Crippen LogP contribution in [0.5, 0.6) is 0 Å². The van der Waals surface area contributed by atoms with Crippen LogP contribution in [-0.2, 0) is 4.79 Å². The molecule has 38 heavy (non-hydrogen) atoms. The summed E-state index contributed by atoms with van der Waals surface area (Å²) in [5.74, 6) is 0.657. The molecule has 2 amide bonds. The monoisotopic (exact) mass is 556 g/mol. The molecule has 2 bridgehead atoms. The molecule has 4 aliphatic rings. The highest BCUT2D eigenvalue weighted by Crippen LogP contribution is 2.35. The molecule has 8 heteroatoms. The minimum Gasteiger partial charge on any atom is -0.334 e. The van der Waals surface area contributed by atoms with E-state index in [0.29, 0.717) is 59.8 Å². The molecule has 2 aromatic rings. The van der Waals surface area contributed by atoms with Crippen molar-refractivity contribution in [1.82, 2.24) is 20.0 Å². The number of carbonyl (C=O) groups excluding carboxylic acids is 2. The summed E-state index contributed by atoms with van der Waals surface area (Å²) in [6.45, 7) is 10.2. The molecule has 2 aromatic carbocycles. The number of rotatable bonds is 6. The summed E-state index contributed by atoms with van der Waals surface area (Å²) in [7, 11) is 0. The van der Waals surface area contributed by atoms with Gasteiger partial charge in [-0.1, -0.05) is 53.4 Å². The number of nitrogens with one attached hydrogen (secondary N) is 1. The molecule has 4 atom stereocenters. The Hall–Kier alpha value is -2.12. The first kappa shape index (κ1) is 27.4. The fraction of sp³-hybridized carbons (Fsp3) is 0.533. The quantitative estimate of drug-likeness (QED) is 0.537. The minimum absolute atomic E-state index is 0.00852. The van der Waals surface area contributed by atoms with Gasteiger partial charge in [0.2, 0.25) is 5.91 Å². The fourth-order valence-corrected chi connectivity index (χ4v) is 7.03. The van der Waals surface area contributed by atoms with Crippen LogP contribution in [0.2, 0.25) is 10.0 Å². The number of benzene rings is 2. The maximum Gasteiger partial charge on any atom is 0.254 e. The second kappa shape index (κ2) is 11.5. The molecule has 0 spiro atoms. The van der Waals surface area contributed by atoms with Crippen molar-refractivity contribution >= 4 is 35.0 Å². The lowest BCUT2D eigenvalue weighted by Gasteiger charge is -2.49. The zero-order valence-electron chi connectivity index (χ0n) is 22.6. The summed E-state index contributed by atoms with van der Waals surface area (Å²) in [5.41, 5.74) is 3.70. The van der Waals surface area contributed by atoms with E-state index in [2.05, 4.69) is 23.2 Å². The van der Waals surface area contributed by atoms with Crippen LogP contribution in [0.25, 0.3) is 0 Å². The molecule has 6 rings (SSSR count). The van der Waals surface area contributed by atoms with Crippen LogP contribution in [0.1, 0.15) is 59.3 Å². The van der Waals surface area contributed by atoms with Crippen molar-refractivity contribution in [3.05, 3.63) is 68.7 Å². The molecule has 3 heterocycles. The van der Waals surface area contributed by atoms with Crippen molar-refractivity contribution in [3.8, 4) is 0 Å². The molecule has 4 unspecified atom stereocenters. The average molecular weight is 558 g/mol. The first-order chi connectivity index (χ1) is 18.2. The van der Waals surface area contributed by atoms with Gasteiger partial charge < -0.3 is 20.0 Å². The number of hydrogen-bond donors (Lipinski definition) is 1. The number of nitrogens with zero attached hydrogens (tertiary/aromatic N) is 3. The van der Waals surface area contributed by atoms with E-state index in [4.69, 9.17) is 23.2 Å². The molecule has 1 aliphatic carbocycles. The van der Waals surface area contributed by atoms with E-state index in [9.17, 15) is 9.59 Å². The Bertz CT molecular complexity index is 1180. The fourth-order valence-electron chi connectivity index (χ4n) is 6.72. The first-order valence-corrected chi connectivity index (χ1v) is 14.6. The molecule has 3 aliphatic heterocycles. The van der Waals surface area contributed by atoms with E-state index in [1.165, 1.54) is 12.8 Å². The van der Waals surface area contributed by atoms with Gasteiger partial charge in [-0.3, -0.25) is 9.59 Å². The van der Waals surface area contributed by atoms with Crippen molar-refractivity contribution in [3.63, 3.8) is 0 Å². The summed E-state index contributed by atoms with van der Waals surface area (Å²) >= 11 is 12.6. The molecular formula is C30H38Cl2N4O2. The first-order valence-electron chi connectivity index (χ1n) is 13.8. The summed E-state index contributed by atoms with van der Waals surface area (Å²) in [5, 5.41) is 4.54. The second-order valence-corrected chi connectivity index (χ2v) is 12.0. The van der Waals surface area contributed by atoms with E-state index in [1.54, 1.807) is 6.07 Å². The zero-order chi connectivity index (χ0) is 27.0. The number of piperidine rings is 2. The Balaban J connectivity index is 1.31. The maximum atomic E-state index is 13.6. The molecule has 0 aromatic heterocycles. The van der Waals surface area contributed by atoms with Gasteiger partial charge in [-0.25, -0.2) is 0 Å². The van der Waals surface area contributed by atoms with Crippen LogP contribution in [0.4, 0.5) is 0 Å². The van der Waals surface area contributed by atoms with E-state index < -0.39 is 0 Å². The van der Waals surface area contributed by atoms with Gasteiger partial charge in [-0.05, 0) is 75.4 Å². The molecule has 4 fully saturated rings. The predicted molar refractivity (Wildman–Crippen MR) is 153 cm³/mol. The lowest BCUT2D eigenvalue weighted by atomic mass is 9.76. The van der Waals surface area contributed by atoms with Crippen LogP contribution in [-0.4, -0.2) is 77.9 Å². The van der Waals surface area contributed by atoms with Crippen LogP contribution in [0.3, 0.4) is 0 Å². The Morgan fingerprint density at radius 1 is 0.974 bits per heavy atom. The standard InChI is InChI=1S/C30H38Cl2N4O2/c1-4-34-17-22-5-7-24(34)15-27(22)33-16-29(37)36-10-9-35(30(38)23-12-19(2)11-20(3)13-23)18-28(36)21-6-8-25(31)26(32)14-21/h6,8,11-14,22,24,27-28,33H,4-5,7,9-10,15-18H2,1-3H3. The van der Waals surface area contributed by atoms with Gasteiger partial charge >= 0.3 is 0 Å². The maximum absolute atomic E-state index is 13.6. The number of piperazine rings is 1. The number of aryl methyl sites for hydroxylation is 2. The Morgan fingerprint density at radius 2 is 1.74 bits per heavy atom. The van der Waals surface area contributed by atoms with Crippen LogP contribution in [0.15, 0.2) is 36.4 Å². The van der Waals surface area contributed by atoms with Crippen molar-refractivity contribution in [2.75, 3.05) is 39.3 Å². The summed E-state index contributed by atoms with van der Waals surface area (Å²) < 4.78 is 0. The van der Waals surface area contributed by atoms with Crippen LogP contribution in [0, 0.1) is 19.8 Å². The van der Waals surface area contributed by atoms with Crippen molar-refractivity contribution in [2.24, 2.45) is 5.92 Å². The zero-order valence-corrected chi connectivity index (χ0v) is 24.1. The lowest BCUT2D eigenvalue weighted by Crippen LogP contribution is -2.59. The normalized spacial score (nSPS) is 25.6. The number of amides is 2. The topological polar surface area (TPSA) is 55.9 Å². The van der Waals surface area contributed by atoms with Gasteiger partial charge in [0.25, 0.3) is 5.91 Å². The van der Waals surface area contributed by atoms with Gasteiger partial charge in [-0.15, -0.1) is 0 Å². The third-order valence-electron chi connectivity index (χ3n) is 8.66. The molecule has 204 valence electrons. The Labute approximate surface area is 236 Å². The smallest absolute Gasteiger partial charge is 0.254 e. The van der Waals surface area contributed by atoms with Gasteiger partial charge in [-0.2, -0.15) is 0 Å². The van der Waals surface area contributed by atoms with Gasteiger partial charge in [0.05, 0.1) is 22.6 Å². The summed E-state index contributed by atoms with van der Waals surface area (Å²) in [4.78, 5) is 33.5. The highest BCUT2D eigenvalue weighted by Gasteiger charge is 2.40. The number of hydrogen-bond acceptors (Lipinski definition) is 4. The third-order valence-corrected chi connectivity index (χ3v) is 9.40. The molecular weight excluding hydrogens is 519 g/mol. The van der Waals surface area contributed by atoms with Crippen LogP contribution >= 0.6 is 23.2 Å². The number of halogens is 2. The number of carbonyl (C=O) groups is 2. The van der Waals surface area contributed by atoms with E-state index >= 15 is 0 Å². The van der Waals surface area contributed by atoms with E-state index in [-0.39, 0.29) is 17.9 Å². The third kappa shape index (κ3) is 5.74. The predicted octanol–water partition coefficient (Wildman–Crippen LogP) is 5.10. The van der Waals surface area contributed by atoms with Gasteiger partial charge in [0, 0.05) is 43.8 Å². The van der Waals surface area contributed by atoms with Gasteiger partial charge in [0.1, 0.15) is 0 Å².